The van der Waals surface area contributed by atoms with E-state index in [4.69, 9.17) is 4.74 Å². The molecular formula is C31H36N6O4S. The number of isocyanates is 1. The van der Waals surface area contributed by atoms with Gasteiger partial charge in [0.25, 0.3) is 0 Å². The summed E-state index contributed by atoms with van der Waals surface area (Å²) in [5.74, 6) is -0.205. The number of hydrogen-bond donors (Lipinski definition) is 0. The van der Waals surface area contributed by atoms with Crippen LogP contribution in [0.1, 0.15) is 67.9 Å². The molecule has 0 aliphatic carbocycles. The van der Waals surface area contributed by atoms with Crippen LogP contribution in [-0.4, -0.2) is 57.0 Å². The number of sulfonamides is 1. The summed E-state index contributed by atoms with van der Waals surface area (Å²) < 4.78 is 37.0. The quantitative estimate of drug-likeness (QED) is 0.208. The first-order chi connectivity index (χ1) is 20.0. The van der Waals surface area contributed by atoms with Gasteiger partial charge in [0.05, 0.1) is 17.6 Å². The first-order valence-corrected chi connectivity index (χ1v) is 15.6. The number of carbonyl (C=O) groups excluding carboxylic acids is 1. The third kappa shape index (κ3) is 5.24. The fraction of sp³-hybridized carbons (Fsp3) is 0.419. The van der Waals surface area contributed by atoms with Gasteiger partial charge in [-0.3, -0.25) is 0 Å². The Kier molecular flexibility index (Phi) is 8.02. The van der Waals surface area contributed by atoms with Crippen molar-refractivity contribution in [1.82, 2.24) is 24.3 Å². The maximum Gasteiger partial charge on any atom is 0.248 e. The molecule has 0 N–H and O–H groups in total. The van der Waals surface area contributed by atoms with E-state index in [1.165, 1.54) is 16.6 Å². The van der Waals surface area contributed by atoms with Gasteiger partial charge >= 0.3 is 0 Å². The van der Waals surface area contributed by atoms with Crippen LogP contribution in [0.15, 0.2) is 58.5 Å². The van der Waals surface area contributed by atoms with E-state index in [9.17, 15) is 13.2 Å². The van der Waals surface area contributed by atoms with Gasteiger partial charge in [0.15, 0.2) is 0 Å². The maximum atomic E-state index is 13.8. The molecule has 0 saturated carbocycles. The molecule has 0 radical (unpaired) electrons. The van der Waals surface area contributed by atoms with Gasteiger partial charge in [-0.1, -0.05) is 36.4 Å². The first-order valence-electron chi connectivity index (χ1n) is 14.1. The zero-order chi connectivity index (χ0) is 30.2. The number of rotatable bonds is 8. The lowest BCUT2D eigenvalue weighted by molar-refractivity contribution is 0.162. The van der Waals surface area contributed by atoms with Gasteiger partial charge in [-0.25, -0.2) is 22.9 Å². The molecule has 0 unspecified atom stereocenters. The summed E-state index contributed by atoms with van der Waals surface area (Å²) in [5.41, 5.74) is 5.51. The van der Waals surface area contributed by atoms with Crippen LogP contribution in [0.25, 0.3) is 11.0 Å². The molecule has 3 heterocycles. The molecule has 0 spiro atoms. The molecule has 11 heteroatoms. The number of aliphatic imine (C=N–C) groups is 1. The van der Waals surface area contributed by atoms with Gasteiger partial charge in [-0.05, 0) is 87.1 Å². The highest BCUT2D eigenvalue weighted by Crippen LogP contribution is 2.41. The van der Waals surface area contributed by atoms with Gasteiger partial charge in [0, 0.05) is 25.2 Å². The Morgan fingerprint density at radius 1 is 1.17 bits per heavy atom. The zero-order valence-electron chi connectivity index (χ0n) is 24.8. The van der Waals surface area contributed by atoms with Crippen molar-refractivity contribution in [2.45, 2.75) is 83.5 Å². The average molecular weight is 589 g/mol. The fourth-order valence-corrected chi connectivity index (χ4v) is 7.31. The van der Waals surface area contributed by atoms with E-state index >= 15 is 0 Å². The molecule has 0 saturated heterocycles. The Bertz CT molecular complexity index is 1790. The van der Waals surface area contributed by atoms with Gasteiger partial charge in [0.2, 0.25) is 22.0 Å². The molecule has 2 aromatic carbocycles. The van der Waals surface area contributed by atoms with Crippen LogP contribution in [-0.2, 0) is 27.9 Å². The fourth-order valence-electron chi connectivity index (χ4n) is 5.79. The monoisotopic (exact) mass is 588 g/mol. The predicted molar refractivity (Wildman–Crippen MR) is 160 cm³/mol. The molecular weight excluding hydrogens is 552 g/mol. The van der Waals surface area contributed by atoms with Crippen molar-refractivity contribution in [3.8, 4) is 5.88 Å². The standard InChI is InChI=1S/C31H36N6O4S/c1-7-24-18-36(42(39,40)27-10-9-15-32-30(27)41-24)17-23-16-22(12-11-20(23)3)28(31(5,6)33-19-38)25-13-14-26-29(21(25)4)34-35-37(26)8-2/h9-16,24,28H,7-8,17-18H2,1-6H3/t24-,28+/m1/s1. The summed E-state index contributed by atoms with van der Waals surface area (Å²) in [5, 5.41) is 8.73. The SMILES string of the molecule is CC[C@@H]1CN(Cc2cc([C@@H](c3ccc4c(nnn4CC)c3C)C(C)(C)N=C=O)ccc2C)S(=O)(=O)c2cccnc2O1. The number of benzene rings is 2. The van der Waals surface area contributed by atoms with Crippen molar-refractivity contribution >= 4 is 27.1 Å². The van der Waals surface area contributed by atoms with Gasteiger partial charge in [-0.15, -0.1) is 5.10 Å². The zero-order valence-corrected chi connectivity index (χ0v) is 25.6. The molecule has 0 bridgehead atoms. The first kappa shape index (κ1) is 29.6. The van der Waals surface area contributed by atoms with E-state index < -0.39 is 15.6 Å². The van der Waals surface area contributed by atoms with Crippen molar-refractivity contribution < 1.29 is 17.9 Å². The van der Waals surface area contributed by atoms with Crippen LogP contribution >= 0.6 is 0 Å². The van der Waals surface area contributed by atoms with E-state index in [0.29, 0.717) is 13.0 Å². The maximum absolute atomic E-state index is 13.8. The van der Waals surface area contributed by atoms with Crippen LogP contribution in [0.3, 0.4) is 0 Å². The summed E-state index contributed by atoms with van der Waals surface area (Å²) in [6.07, 6.45) is 3.60. The van der Waals surface area contributed by atoms with E-state index in [0.717, 1.165) is 38.9 Å². The van der Waals surface area contributed by atoms with Crippen molar-refractivity contribution in [2.75, 3.05) is 6.54 Å². The van der Waals surface area contributed by atoms with Crippen molar-refractivity contribution in [3.05, 3.63) is 76.5 Å². The summed E-state index contributed by atoms with van der Waals surface area (Å²) in [6.45, 7) is 12.8. The Morgan fingerprint density at radius 2 is 1.95 bits per heavy atom. The molecule has 1 aliphatic heterocycles. The Labute approximate surface area is 246 Å². The minimum atomic E-state index is -3.87. The van der Waals surface area contributed by atoms with Crippen LogP contribution in [0, 0.1) is 13.8 Å². The smallest absolute Gasteiger partial charge is 0.248 e. The Balaban J connectivity index is 1.62. The largest absolute Gasteiger partial charge is 0.472 e. The molecule has 0 amide bonds. The molecule has 220 valence electrons. The molecule has 0 fully saturated rings. The number of pyridine rings is 1. The predicted octanol–water partition coefficient (Wildman–Crippen LogP) is 5.07. The number of hydrogen-bond acceptors (Lipinski definition) is 8. The highest BCUT2D eigenvalue weighted by molar-refractivity contribution is 7.89. The lowest BCUT2D eigenvalue weighted by Crippen LogP contribution is -2.36. The number of nitrogens with zero attached hydrogens (tertiary/aromatic N) is 6. The number of fused-ring (bicyclic) bond motifs is 2. The van der Waals surface area contributed by atoms with Gasteiger partial charge in [-0.2, -0.15) is 9.30 Å². The third-order valence-corrected chi connectivity index (χ3v) is 10.0. The Morgan fingerprint density at radius 3 is 2.67 bits per heavy atom. The summed E-state index contributed by atoms with van der Waals surface area (Å²) in [6, 6.07) is 13.2. The van der Waals surface area contributed by atoms with E-state index in [1.807, 2.05) is 76.6 Å². The number of aromatic nitrogens is 4. The molecule has 4 aromatic rings. The van der Waals surface area contributed by atoms with Crippen molar-refractivity contribution in [2.24, 2.45) is 4.99 Å². The second kappa shape index (κ2) is 11.4. The van der Waals surface area contributed by atoms with E-state index in [-0.39, 0.29) is 35.9 Å². The summed E-state index contributed by atoms with van der Waals surface area (Å²) in [4.78, 5) is 20.1. The van der Waals surface area contributed by atoms with Crippen molar-refractivity contribution in [3.63, 3.8) is 0 Å². The minimum Gasteiger partial charge on any atom is -0.472 e. The topological polar surface area (TPSA) is 120 Å². The van der Waals surface area contributed by atoms with Gasteiger partial charge in [0.1, 0.15) is 16.5 Å². The molecule has 2 aromatic heterocycles. The Hall–Kier alpha value is -3.92. The average Bonchev–Trinajstić information content (AvgIpc) is 3.34. The van der Waals surface area contributed by atoms with Crippen molar-refractivity contribution in [1.29, 1.82) is 0 Å². The van der Waals surface area contributed by atoms with E-state index in [2.05, 4.69) is 20.3 Å². The molecule has 1 aliphatic rings. The van der Waals surface area contributed by atoms with Crippen LogP contribution in [0.2, 0.25) is 0 Å². The van der Waals surface area contributed by atoms with Crippen LogP contribution in [0.4, 0.5) is 0 Å². The second-order valence-corrected chi connectivity index (χ2v) is 13.2. The molecule has 10 nitrogen and oxygen atoms in total. The second-order valence-electron chi connectivity index (χ2n) is 11.3. The summed E-state index contributed by atoms with van der Waals surface area (Å²) in [7, 11) is -3.87. The van der Waals surface area contributed by atoms with Crippen LogP contribution < -0.4 is 4.74 Å². The molecule has 5 rings (SSSR count). The molecule has 2 atom stereocenters. The van der Waals surface area contributed by atoms with E-state index in [1.54, 1.807) is 12.1 Å². The van der Waals surface area contributed by atoms with Crippen LogP contribution in [0.5, 0.6) is 5.88 Å². The highest BCUT2D eigenvalue weighted by atomic mass is 32.2. The number of aryl methyl sites for hydroxylation is 3. The summed E-state index contributed by atoms with van der Waals surface area (Å²) >= 11 is 0. The lowest BCUT2D eigenvalue weighted by atomic mass is 9.75. The molecule has 42 heavy (non-hydrogen) atoms. The highest BCUT2D eigenvalue weighted by Gasteiger charge is 2.37. The normalized spacial score (nSPS) is 17.6. The third-order valence-electron chi connectivity index (χ3n) is 8.18. The minimum absolute atomic E-state index is 0.0677. The number of ether oxygens (including phenoxy) is 1. The van der Waals surface area contributed by atoms with Gasteiger partial charge < -0.3 is 4.74 Å². The lowest BCUT2D eigenvalue weighted by Gasteiger charge is -2.32.